The minimum absolute atomic E-state index is 0. The molecule has 0 spiro atoms. The van der Waals surface area contributed by atoms with Gasteiger partial charge in [0.15, 0.2) is 5.69 Å². The number of fused-ring (bicyclic) bond motifs is 1. The number of rotatable bonds is 2. The summed E-state index contributed by atoms with van der Waals surface area (Å²) < 4.78 is 0. The monoisotopic (exact) mass is 380 g/mol. The highest BCUT2D eigenvalue weighted by Crippen LogP contribution is 2.28. The molecule has 20 heavy (non-hydrogen) atoms. The number of anilines is 1. The summed E-state index contributed by atoms with van der Waals surface area (Å²) in [6.07, 6.45) is -0.181. The Morgan fingerprint density at radius 1 is 1.05 bits per heavy atom. The number of nitrogens with zero attached hydrogens (tertiary/aromatic N) is 1. The molecule has 3 rings (SSSR count). The smallest absolute Gasteiger partial charge is 0.242 e. The zero-order valence-corrected chi connectivity index (χ0v) is 13.7. The van der Waals surface area contributed by atoms with Gasteiger partial charge in [-0.05, 0) is 6.07 Å². The molecule has 0 aromatic heterocycles. The van der Waals surface area contributed by atoms with Crippen LogP contribution in [0, 0.1) is 0 Å². The summed E-state index contributed by atoms with van der Waals surface area (Å²) in [6, 6.07) is 17.7. The Balaban J connectivity index is 0.00000147. The molecule has 4 heteroatoms. The Hall–Kier alpha value is -1.40. The summed E-state index contributed by atoms with van der Waals surface area (Å²) in [5.74, 6) is 0.164. The number of nitrogens with one attached hydrogen (secondary N) is 1. The SMILES string of the molecule is CN1c2ccccc2[NH+](C)C1C(=O)c1ccccc1.[I-]. The molecule has 104 valence electrons. The molecule has 0 bridgehead atoms. The Morgan fingerprint density at radius 3 is 2.30 bits per heavy atom. The van der Waals surface area contributed by atoms with Crippen molar-refractivity contribution in [3.8, 4) is 0 Å². The third kappa shape index (κ3) is 2.33. The topological polar surface area (TPSA) is 24.8 Å². The zero-order valence-electron chi connectivity index (χ0n) is 11.5. The van der Waals surface area contributed by atoms with Gasteiger partial charge in [0.25, 0.3) is 0 Å². The lowest BCUT2D eigenvalue weighted by Gasteiger charge is -2.21. The van der Waals surface area contributed by atoms with Crippen LogP contribution in [0.25, 0.3) is 0 Å². The minimum atomic E-state index is -0.181. The first kappa shape index (κ1) is 15.0. The van der Waals surface area contributed by atoms with Crippen LogP contribution in [0.2, 0.25) is 0 Å². The molecule has 2 atom stereocenters. The predicted octanol–water partition coefficient (Wildman–Crippen LogP) is -1.50. The van der Waals surface area contributed by atoms with Gasteiger partial charge in [0, 0.05) is 18.7 Å². The molecule has 1 aliphatic rings. The zero-order chi connectivity index (χ0) is 13.4. The van der Waals surface area contributed by atoms with E-state index < -0.39 is 0 Å². The third-order valence-corrected chi connectivity index (χ3v) is 3.81. The fraction of sp³-hybridized carbons (Fsp3) is 0.188. The number of hydrogen-bond acceptors (Lipinski definition) is 2. The summed E-state index contributed by atoms with van der Waals surface area (Å²) in [7, 11) is 4.04. The van der Waals surface area contributed by atoms with Crippen LogP contribution < -0.4 is 33.8 Å². The lowest BCUT2D eigenvalue weighted by Crippen LogP contribution is -3.09. The van der Waals surface area contributed by atoms with Crippen molar-refractivity contribution in [2.45, 2.75) is 6.17 Å². The van der Waals surface area contributed by atoms with Crippen molar-refractivity contribution in [1.82, 2.24) is 0 Å². The first-order chi connectivity index (χ1) is 9.20. The van der Waals surface area contributed by atoms with Gasteiger partial charge in [-0.2, -0.15) is 0 Å². The molecule has 2 aromatic rings. The lowest BCUT2D eigenvalue weighted by atomic mass is 10.1. The quantitative estimate of drug-likeness (QED) is 0.507. The largest absolute Gasteiger partial charge is 1.00 e. The number of halogens is 1. The van der Waals surface area contributed by atoms with Gasteiger partial charge in [-0.15, -0.1) is 0 Å². The summed E-state index contributed by atoms with van der Waals surface area (Å²) in [5, 5.41) is 0. The predicted molar refractivity (Wildman–Crippen MR) is 76.0 cm³/mol. The van der Waals surface area contributed by atoms with E-state index in [0.717, 1.165) is 16.2 Å². The lowest BCUT2D eigenvalue weighted by molar-refractivity contribution is -0.820. The minimum Gasteiger partial charge on any atom is -1.00 e. The van der Waals surface area contributed by atoms with Crippen LogP contribution in [0.15, 0.2) is 54.6 Å². The summed E-state index contributed by atoms with van der Waals surface area (Å²) in [6.45, 7) is 0. The van der Waals surface area contributed by atoms with Crippen molar-refractivity contribution < 1.29 is 33.7 Å². The number of Topliss-reactive ketones (excluding diaryl/α,β-unsaturated/α-hetero) is 1. The van der Waals surface area contributed by atoms with Gasteiger partial charge in [0.05, 0.1) is 7.05 Å². The van der Waals surface area contributed by atoms with E-state index >= 15 is 0 Å². The van der Waals surface area contributed by atoms with Crippen LogP contribution in [0.1, 0.15) is 10.4 Å². The van der Waals surface area contributed by atoms with Gasteiger partial charge >= 0.3 is 0 Å². The summed E-state index contributed by atoms with van der Waals surface area (Å²) in [4.78, 5) is 15.9. The van der Waals surface area contributed by atoms with Crippen molar-refractivity contribution in [2.75, 3.05) is 19.0 Å². The summed E-state index contributed by atoms with van der Waals surface area (Å²) >= 11 is 0. The van der Waals surface area contributed by atoms with Crippen molar-refractivity contribution in [3.05, 3.63) is 60.2 Å². The van der Waals surface area contributed by atoms with E-state index in [4.69, 9.17) is 0 Å². The molecule has 1 aliphatic heterocycles. The van der Waals surface area contributed by atoms with E-state index in [2.05, 4.69) is 17.0 Å². The Kier molecular flexibility index (Phi) is 4.45. The molecular weight excluding hydrogens is 363 g/mol. The van der Waals surface area contributed by atoms with Crippen LogP contribution in [-0.4, -0.2) is 26.0 Å². The van der Waals surface area contributed by atoms with Gasteiger partial charge in [0.1, 0.15) is 5.69 Å². The van der Waals surface area contributed by atoms with Crippen LogP contribution in [0.3, 0.4) is 0 Å². The normalized spacial score (nSPS) is 20.2. The van der Waals surface area contributed by atoms with E-state index in [1.54, 1.807) is 0 Å². The molecule has 0 aliphatic carbocycles. The highest BCUT2D eigenvalue weighted by molar-refractivity contribution is 6.01. The number of quaternary nitrogens is 1. The second-order valence-electron chi connectivity index (χ2n) is 4.94. The van der Waals surface area contributed by atoms with Crippen LogP contribution in [-0.2, 0) is 0 Å². The molecule has 3 nitrogen and oxygen atoms in total. The number of ketones is 1. The van der Waals surface area contributed by atoms with E-state index in [9.17, 15) is 4.79 Å². The molecule has 0 fully saturated rings. The second kappa shape index (κ2) is 5.93. The average Bonchev–Trinajstić information content (AvgIpc) is 2.72. The first-order valence-electron chi connectivity index (χ1n) is 6.45. The summed E-state index contributed by atoms with van der Waals surface area (Å²) in [5.41, 5.74) is 3.08. The second-order valence-corrected chi connectivity index (χ2v) is 4.94. The molecule has 0 saturated heterocycles. The van der Waals surface area contributed by atoms with Gasteiger partial charge in [-0.25, -0.2) is 0 Å². The fourth-order valence-corrected chi connectivity index (χ4v) is 2.82. The van der Waals surface area contributed by atoms with Gasteiger partial charge in [-0.1, -0.05) is 42.5 Å². The maximum atomic E-state index is 12.7. The standard InChI is InChI=1S/C16H16N2O.HI/c1-17-13-10-6-7-11-14(13)18(2)16(17)15(19)12-8-4-3-5-9-12;/h3-11,16H,1-2H3;1H. The van der Waals surface area contributed by atoms with Crippen LogP contribution in [0.4, 0.5) is 11.4 Å². The molecule has 1 heterocycles. The molecule has 0 amide bonds. The van der Waals surface area contributed by atoms with Crippen molar-refractivity contribution >= 4 is 17.2 Å². The number of likely N-dealkylation sites (N-methyl/N-ethyl adjacent to an activating group) is 2. The number of carbonyl (C=O) groups excluding carboxylic acids is 1. The van der Waals surface area contributed by atoms with E-state index in [-0.39, 0.29) is 35.9 Å². The average molecular weight is 380 g/mol. The van der Waals surface area contributed by atoms with E-state index in [1.165, 1.54) is 5.69 Å². The van der Waals surface area contributed by atoms with Gasteiger partial charge in [-0.3, -0.25) is 9.69 Å². The number of benzene rings is 2. The maximum Gasteiger partial charge on any atom is 0.242 e. The number of para-hydroxylation sites is 2. The highest BCUT2D eigenvalue weighted by Gasteiger charge is 2.41. The molecule has 0 saturated carbocycles. The maximum absolute atomic E-state index is 12.7. The Morgan fingerprint density at radius 2 is 1.65 bits per heavy atom. The Labute approximate surface area is 136 Å². The molecule has 0 radical (unpaired) electrons. The van der Waals surface area contributed by atoms with E-state index in [0.29, 0.717) is 0 Å². The van der Waals surface area contributed by atoms with Crippen LogP contribution >= 0.6 is 0 Å². The highest BCUT2D eigenvalue weighted by atomic mass is 127. The van der Waals surface area contributed by atoms with Gasteiger partial charge < -0.3 is 28.9 Å². The van der Waals surface area contributed by atoms with Crippen molar-refractivity contribution in [3.63, 3.8) is 0 Å². The Bertz CT molecular complexity index is 586. The molecule has 1 N–H and O–H groups in total. The first-order valence-corrected chi connectivity index (χ1v) is 6.45. The van der Waals surface area contributed by atoms with E-state index in [1.807, 2.05) is 56.6 Å². The molecular formula is C16H17IN2O. The van der Waals surface area contributed by atoms with Crippen molar-refractivity contribution in [2.24, 2.45) is 0 Å². The third-order valence-electron chi connectivity index (χ3n) is 3.81. The number of carbonyl (C=O) groups is 1. The van der Waals surface area contributed by atoms with Crippen molar-refractivity contribution in [1.29, 1.82) is 0 Å². The fourth-order valence-electron chi connectivity index (χ4n) is 2.82. The van der Waals surface area contributed by atoms with Gasteiger partial charge in [0.2, 0.25) is 11.9 Å². The molecule has 2 unspecified atom stereocenters. The number of hydrogen-bond donors (Lipinski definition) is 1. The molecule has 2 aromatic carbocycles. The van der Waals surface area contributed by atoms with Crippen LogP contribution in [0.5, 0.6) is 0 Å².